The van der Waals surface area contributed by atoms with Crippen LogP contribution in [0.2, 0.25) is 0 Å². The van der Waals surface area contributed by atoms with Crippen LogP contribution in [0.1, 0.15) is 12.8 Å². The molecule has 22 heavy (non-hydrogen) atoms. The van der Waals surface area contributed by atoms with Crippen LogP contribution in [0.4, 0.5) is 10.5 Å². The molecule has 1 aromatic carbocycles. The minimum absolute atomic E-state index is 0.192. The lowest BCUT2D eigenvalue weighted by Gasteiger charge is -2.26. The molecule has 1 saturated heterocycles. The van der Waals surface area contributed by atoms with Gasteiger partial charge in [0.2, 0.25) is 5.75 Å². The Kier molecular flexibility index (Phi) is 5.08. The predicted molar refractivity (Wildman–Crippen MR) is 80.9 cm³/mol. The first-order valence-corrected chi connectivity index (χ1v) is 6.96. The largest absolute Gasteiger partial charge is 0.493 e. The first-order valence-electron chi connectivity index (χ1n) is 6.96. The summed E-state index contributed by atoms with van der Waals surface area (Å²) < 4.78 is 15.7. The third kappa shape index (κ3) is 3.41. The summed E-state index contributed by atoms with van der Waals surface area (Å²) in [5.41, 5.74) is 0.538. The van der Waals surface area contributed by atoms with Crippen molar-refractivity contribution in [1.29, 1.82) is 0 Å². The van der Waals surface area contributed by atoms with Crippen LogP contribution in [0.3, 0.4) is 0 Å². The van der Waals surface area contributed by atoms with Gasteiger partial charge in [0.1, 0.15) is 5.78 Å². The number of benzene rings is 1. The zero-order valence-electron chi connectivity index (χ0n) is 13.0. The maximum atomic E-state index is 12.2. The van der Waals surface area contributed by atoms with Crippen molar-refractivity contribution in [3.63, 3.8) is 0 Å². The van der Waals surface area contributed by atoms with Gasteiger partial charge in [0.15, 0.2) is 11.5 Å². The summed E-state index contributed by atoms with van der Waals surface area (Å²) in [7, 11) is 4.54. The molecule has 0 aromatic heterocycles. The van der Waals surface area contributed by atoms with Gasteiger partial charge in [0.05, 0.1) is 27.0 Å². The molecule has 0 unspecified atom stereocenters. The lowest BCUT2D eigenvalue weighted by Crippen LogP contribution is -2.41. The van der Waals surface area contributed by atoms with Gasteiger partial charge in [0.25, 0.3) is 0 Å². The summed E-state index contributed by atoms with van der Waals surface area (Å²) in [6, 6.07) is 3.07. The number of hydrogen-bond acceptors (Lipinski definition) is 5. The smallest absolute Gasteiger partial charge is 0.321 e. The highest BCUT2D eigenvalue weighted by Crippen LogP contribution is 2.39. The van der Waals surface area contributed by atoms with Crippen LogP contribution in [0, 0.1) is 0 Å². The van der Waals surface area contributed by atoms with Crippen molar-refractivity contribution in [3.8, 4) is 17.2 Å². The van der Waals surface area contributed by atoms with Crippen LogP contribution in [-0.4, -0.2) is 51.1 Å². The fraction of sp³-hybridized carbons (Fsp3) is 0.467. The Hall–Kier alpha value is -2.44. The van der Waals surface area contributed by atoms with Crippen molar-refractivity contribution in [2.24, 2.45) is 0 Å². The molecule has 0 aliphatic carbocycles. The van der Waals surface area contributed by atoms with Crippen LogP contribution >= 0.6 is 0 Å². The van der Waals surface area contributed by atoms with E-state index in [1.165, 1.54) is 21.3 Å². The van der Waals surface area contributed by atoms with Gasteiger partial charge in [-0.15, -0.1) is 0 Å². The lowest BCUT2D eigenvalue weighted by atomic mass is 10.1. The SMILES string of the molecule is COc1cc(NC(=O)N2CCC(=O)CC2)cc(OC)c1OC. The number of carbonyl (C=O) groups excluding carboxylic acids is 2. The number of hydrogen-bond donors (Lipinski definition) is 1. The van der Waals surface area contributed by atoms with Crippen LogP contribution < -0.4 is 19.5 Å². The fourth-order valence-corrected chi connectivity index (χ4v) is 2.31. The number of nitrogens with one attached hydrogen (secondary N) is 1. The molecule has 120 valence electrons. The summed E-state index contributed by atoms with van der Waals surface area (Å²) in [6.07, 6.45) is 0.811. The average molecular weight is 308 g/mol. The van der Waals surface area contributed by atoms with Gasteiger partial charge in [-0.1, -0.05) is 0 Å². The van der Waals surface area contributed by atoms with Crippen LogP contribution in [0.25, 0.3) is 0 Å². The van der Waals surface area contributed by atoms with Crippen LogP contribution in [0.5, 0.6) is 17.2 Å². The van der Waals surface area contributed by atoms with E-state index in [9.17, 15) is 9.59 Å². The molecule has 0 spiro atoms. The van der Waals surface area contributed by atoms with Crippen molar-refractivity contribution in [2.75, 3.05) is 39.7 Å². The van der Waals surface area contributed by atoms with E-state index < -0.39 is 0 Å². The number of likely N-dealkylation sites (tertiary alicyclic amines) is 1. The van der Waals surface area contributed by atoms with Crippen molar-refractivity contribution >= 4 is 17.5 Å². The second kappa shape index (κ2) is 7.02. The molecular formula is C15H20N2O5. The number of ether oxygens (including phenoxy) is 3. The highest BCUT2D eigenvalue weighted by Gasteiger charge is 2.21. The Morgan fingerprint density at radius 3 is 2.05 bits per heavy atom. The minimum Gasteiger partial charge on any atom is -0.493 e. The molecule has 0 atom stereocenters. The van der Waals surface area contributed by atoms with E-state index in [1.807, 2.05) is 0 Å². The summed E-state index contributed by atoms with van der Waals surface area (Å²) in [5.74, 6) is 1.58. The third-order valence-corrected chi connectivity index (χ3v) is 3.52. The molecule has 1 aromatic rings. The molecule has 0 saturated carbocycles. The molecule has 1 fully saturated rings. The highest BCUT2D eigenvalue weighted by atomic mass is 16.5. The first-order chi connectivity index (χ1) is 10.6. The number of piperidine rings is 1. The van der Waals surface area contributed by atoms with Gasteiger partial charge in [-0.3, -0.25) is 4.79 Å². The summed E-state index contributed by atoms with van der Waals surface area (Å²) in [6.45, 7) is 0.879. The molecule has 7 heteroatoms. The molecule has 1 aliphatic rings. The molecule has 7 nitrogen and oxygen atoms in total. The number of methoxy groups -OCH3 is 3. The number of ketones is 1. The second-order valence-corrected chi connectivity index (χ2v) is 4.87. The zero-order valence-corrected chi connectivity index (χ0v) is 13.0. The quantitative estimate of drug-likeness (QED) is 0.919. The summed E-state index contributed by atoms with van der Waals surface area (Å²) in [4.78, 5) is 25.1. The summed E-state index contributed by atoms with van der Waals surface area (Å²) in [5, 5.41) is 2.79. The van der Waals surface area contributed by atoms with E-state index in [2.05, 4.69) is 5.32 Å². The molecule has 0 radical (unpaired) electrons. The van der Waals surface area contributed by atoms with E-state index in [0.717, 1.165) is 0 Å². The fourth-order valence-electron chi connectivity index (χ4n) is 2.31. The monoisotopic (exact) mass is 308 g/mol. The highest BCUT2D eigenvalue weighted by molar-refractivity contribution is 5.91. The average Bonchev–Trinajstić information content (AvgIpc) is 2.54. The van der Waals surface area contributed by atoms with Crippen molar-refractivity contribution in [2.45, 2.75) is 12.8 Å². The van der Waals surface area contributed by atoms with Gasteiger partial charge < -0.3 is 24.4 Å². The van der Waals surface area contributed by atoms with Crippen LogP contribution in [-0.2, 0) is 4.79 Å². The topological polar surface area (TPSA) is 77.1 Å². The standard InChI is InChI=1S/C15H20N2O5/c1-20-12-8-10(9-13(21-2)14(12)22-3)16-15(19)17-6-4-11(18)5-7-17/h8-9H,4-7H2,1-3H3,(H,16,19). The molecule has 1 heterocycles. The molecule has 2 amide bonds. The van der Waals surface area contributed by atoms with Crippen molar-refractivity contribution in [1.82, 2.24) is 4.90 Å². The molecular weight excluding hydrogens is 288 g/mol. The van der Waals surface area contributed by atoms with E-state index in [0.29, 0.717) is 48.9 Å². The number of rotatable bonds is 4. The van der Waals surface area contributed by atoms with E-state index in [1.54, 1.807) is 17.0 Å². The number of carbonyl (C=O) groups is 2. The normalized spacial score (nSPS) is 14.5. The third-order valence-electron chi connectivity index (χ3n) is 3.52. The molecule has 2 rings (SSSR count). The van der Waals surface area contributed by atoms with Crippen molar-refractivity contribution < 1.29 is 23.8 Å². The zero-order chi connectivity index (χ0) is 16.1. The number of nitrogens with zero attached hydrogens (tertiary/aromatic N) is 1. The Balaban J connectivity index is 2.15. The van der Waals surface area contributed by atoms with Gasteiger partial charge in [-0.05, 0) is 0 Å². The van der Waals surface area contributed by atoms with Gasteiger partial charge in [-0.2, -0.15) is 0 Å². The number of Topliss-reactive ketones (excluding diaryl/α,β-unsaturated/α-hetero) is 1. The Bertz CT molecular complexity index is 538. The molecule has 1 N–H and O–H groups in total. The second-order valence-electron chi connectivity index (χ2n) is 4.87. The molecule has 0 bridgehead atoms. The Labute approximate surface area is 129 Å². The van der Waals surface area contributed by atoms with E-state index in [-0.39, 0.29) is 11.8 Å². The summed E-state index contributed by atoms with van der Waals surface area (Å²) >= 11 is 0. The number of amides is 2. The molecule has 1 aliphatic heterocycles. The van der Waals surface area contributed by atoms with E-state index in [4.69, 9.17) is 14.2 Å². The lowest BCUT2D eigenvalue weighted by molar-refractivity contribution is -0.120. The van der Waals surface area contributed by atoms with Crippen molar-refractivity contribution in [3.05, 3.63) is 12.1 Å². The van der Waals surface area contributed by atoms with Gasteiger partial charge in [-0.25, -0.2) is 4.79 Å². The maximum absolute atomic E-state index is 12.2. The number of urea groups is 1. The maximum Gasteiger partial charge on any atom is 0.321 e. The van der Waals surface area contributed by atoms with Gasteiger partial charge in [0, 0.05) is 38.1 Å². The van der Waals surface area contributed by atoms with E-state index >= 15 is 0 Å². The Morgan fingerprint density at radius 1 is 1.05 bits per heavy atom. The Morgan fingerprint density at radius 2 is 1.59 bits per heavy atom. The predicted octanol–water partition coefficient (Wildman–Crippen LogP) is 1.91. The minimum atomic E-state index is -0.248. The number of anilines is 1. The van der Waals surface area contributed by atoms with Crippen LogP contribution in [0.15, 0.2) is 12.1 Å². The van der Waals surface area contributed by atoms with Gasteiger partial charge >= 0.3 is 6.03 Å². The first kappa shape index (κ1) is 15.9.